The van der Waals surface area contributed by atoms with Crippen molar-refractivity contribution < 1.29 is 4.74 Å². The van der Waals surface area contributed by atoms with Gasteiger partial charge in [-0.25, -0.2) is 0 Å². The molecule has 3 atom stereocenters. The van der Waals surface area contributed by atoms with Crippen molar-refractivity contribution >= 4 is 0 Å². The second-order valence-corrected chi connectivity index (χ2v) is 7.04. The van der Waals surface area contributed by atoms with Crippen LogP contribution in [0.5, 0.6) is 0 Å². The van der Waals surface area contributed by atoms with Gasteiger partial charge in [0, 0.05) is 38.3 Å². The zero-order chi connectivity index (χ0) is 13.2. The van der Waals surface area contributed by atoms with Crippen molar-refractivity contribution in [3.05, 3.63) is 0 Å². The van der Waals surface area contributed by atoms with Gasteiger partial charge >= 0.3 is 0 Å². The van der Waals surface area contributed by atoms with Crippen molar-refractivity contribution in [2.45, 2.75) is 64.1 Å². The summed E-state index contributed by atoms with van der Waals surface area (Å²) >= 11 is 0. The zero-order valence-electron chi connectivity index (χ0n) is 12.7. The third kappa shape index (κ3) is 3.14. The molecule has 3 fully saturated rings. The van der Waals surface area contributed by atoms with Gasteiger partial charge in [-0.05, 0) is 38.1 Å². The average Bonchev–Trinajstić information content (AvgIpc) is 2.90. The number of rotatable bonds is 3. The van der Waals surface area contributed by atoms with Gasteiger partial charge in [0.25, 0.3) is 0 Å². The van der Waals surface area contributed by atoms with Gasteiger partial charge in [0.15, 0.2) is 0 Å². The highest BCUT2D eigenvalue weighted by molar-refractivity contribution is 4.93. The summed E-state index contributed by atoms with van der Waals surface area (Å²) in [6.07, 6.45) is 7.30. The summed E-state index contributed by atoms with van der Waals surface area (Å²) in [6, 6.07) is 1.56. The SMILES string of the molecule is CC(C)C1CN2CCCCC2CN1CC1CCCO1. The fourth-order valence-electron chi connectivity index (χ4n) is 4.16. The van der Waals surface area contributed by atoms with Crippen LogP contribution in [0.25, 0.3) is 0 Å². The summed E-state index contributed by atoms with van der Waals surface area (Å²) in [7, 11) is 0. The number of ether oxygens (including phenoxy) is 1. The van der Waals surface area contributed by atoms with E-state index in [4.69, 9.17) is 4.74 Å². The van der Waals surface area contributed by atoms with Gasteiger partial charge < -0.3 is 4.74 Å². The van der Waals surface area contributed by atoms with Gasteiger partial charge in [-0.2, -0.15) is 0 Å². The van der Waals surface area contributed by atoms with E-state index in [0.29, 0.717) is 6.10 Å². The highest BCUT2D eigenvalue weighted by Crippen LogP contribution is 2.28. The minimum atomic E-state index is 0.511. The maximum absolute atomic E-state index is 5.86. The van der Waals surface area contributed by atoms with E-state index < -0.39 is 0 Å². The Morgan fingerprint density at radius 2 is 2.00 bits per heavy atom. The highest BCUT2D eigenvalue weighted by atomic mass is 16.5. The van der Waals surface area contributed by atoms with Crippen molar-refractivity contribution in [1.29, 1.82) is 0 Å². The topological polar surface area (TPSA) is 15.7 Å². The predicted molar refractivity (Wildman–Crippen MR) is 78.4 cm³/mol. The van der Waals surface area contributed by atoms with Crippen LogP contribution in [0.2, 0.25) is 0 Å². The molecule has 3 aliphatic rings. The Morgan fingerprint density at radius 3 is 2.74 bits per heavy atom. The molecule has 3 nitrogen and oxygen atoms in total. The fraction of sp³-hybridized carbons (Fsp3) is 1.00. The van der Waals surface area contributed by atoms with Gasteiger partial charge in [-0.1, -0.05) is 20.3 Å². The Labute approximate surface area is 118 Å². The molecule has 0 aromatic carbocycles. The lowest BCUT2D eigenvalue weighted by Crippen LogP contribution is -2.61. The van der Waals surface area contributed by atoms with Crippen LogP contribution in [0.15, 0.2) is 0 Å². The molecule has 3 unspecified atom stereocenters. The van der Waals surface area contributed by atoms with Crippen molar-refractivity contribution in [3.8, 4) is 0 Å². The number of piperidine rings is 1. The third-order valence-corrected chi connectivity index (χ3v) is 5.32. The average molecular weight is 266 g/mol. The lowest BCUT2D eigenvalue weighted by atomic mass is 9.92. The molecule has 3 rings (SSSR count). The van der Waals surface area contributed by atoms with E-state index in [1.807, 2.05) is 0 Å². The molecule has 0 aromatic heterocycles. The summed E-state index contributed by atoms with van der Waals surface area (Å²) in [5.41, 5.74) is 0. The van der Waals surface area contributed by atoms with Crippen LogP contribution in [-0.4, -0.2) is 60.8 Å². The molecule has 110 valence electrons. The number of fused-ring (bicyclic) bond motifs is 1. The Hall–Kier alpha value is -0.120. The third-order valence-electron chi connectivity index (χ3n) is 5.32. The predicted octanol–water partition coefficient (Wildman–Crippen LogP) is 2.36. The quantitative estimate of drug-likeness (QED) is 0.780. The number of hydrogen-bond acceptors (Lipinski definition) is 3. The Bertz CT molecular complexity index is 288. The van der Waals surface area contributed by atoms with Crippen LogP contribution in [0.1, 0.15) is 46.0 Å². The van der Waals surface area contributed by atoms with Crippen molar-refractivity contribution in [2.24, 2.45) is 5.92 Å². The molecule has 0 aliphatic carbocycles. The molecule has 0 amide bonds. The highest BCUT2D eigenvalue weighted by Gasteiger charge is 2.37. The first-order valence-electron chi connectivity index (χ1n) is 8.33. The molecule has 3 saturated heterocycles. The summed E-state index contributed by atoms with van der Waals surface area (Å²) < 4.78 is 5.86. The molecule has 0 spiro atoms. The minimum Gasteiger partial charge on any atom is -0.377 e. The van der Waals surface area contributed by atoms with Gasteiger partial charge in [-0.15, -0.1) is 0 Å². The standard InChI is InChI=1S/C16H30N2O/c1-13(2)16-12-17-8-4-3-6-14(17)10-18(16)11-15-7-5-9-19-15/h13-16H,3-12H2,1-2H3. The van der Waals surface area contributed by atoms with Crippen molar-refractivity contribution in [3.63, 3.8) is 0 Å². The lowest BCUT2D eigenvalue weighted by molar-refractivity contribution is -0.0315. The zero-order valence-corrected chi connectivity index (χ0v) is 12.7. The molecule has 0 saturated carbocycles. The second-order valence-electron chi connectivity index (χ2n) is 7.04. The molecule has 0 bridgehead atoms. The van der Waals surface area contributed by atoms with E-state index in [0.717, 1.165) is 24.6 Å². The van der Waals surface area contributed by atoms with E-state index in [1.54, 1.807) is 0 Å². The summed E-state index contributed by atoms with van der Waals surface area (Å²) in [5, 5.41) is 0. The number of hydrogen-bond donors (Lipinski definition) is 0. The minimum absolute atomic E-state index is 0.511. The fourth-order valence-corrected chi connectivity index (χ4v) is 4.16. The number of piperazine rings is 1. The molecule has 3 aliphatic heterocycles. The van der Waals surface area contributed by atoms with Gasteiger partial charge in [-0.3, -0.25) is 9.80 Å². The molecule has 0 aromatic rings. The molecule has 0 radical (unpaired) electrons. The van der Waals surface area contributed by atoms with Crippen molar-refractivity contribution in [1.82, 2.24) is 9.80 Å². The van der Waals surface area contributed by atoms with E-state index >= 15 is 0 Å². The first-order chi connectivity index (χ1) is 9.24. The van der Waals surface area contributed by atoms with Gasteiger partial charge in [0.1, 0.15) is 0 Å². The monoisotopic (exact) mass is 266 g/mol. The number of nitrogens with zero attached hydrogens (tertiary/aromatic N) is 2. The summed E-state index contributed by atoms with van der Waals surface area (Å²) in [4.78, 5) is 5.52. The van der Waals surface area contributed by atoms with Gasteiger partial charge in [0.2, 0.25) is 0 Å². The maximum atomic E-state index is 5.86. The molecular formula is C16H30N2O. The van der Waals surface area contributed by atoms with Gasteiger partial charge in [0.05, 0.1) is 6.10 Å². The maximum Gasteiger partial charge on any atom is 0.0702 e. The largest absolute Gasteiger partial charge is 0.377 e. The lowest BCUT2D eigenvalue weighted by Gasteiger charge is -2.50. The van der Waals surface area contributed by atoms with E-state index in [2.05, 4.69) is 23.6 Å². The van der Waals surface area contributed by atoms with Crippen molar-refractivity contribution in [2.75, 3.05) is 32.8 Å². The molecule has 3 heterocycles. The Kier molecular flexibility index (Phi) is 4.45. The molecule has 19 heavy (non-hydrogen) atoms. The van der Waals surface area contributed by atoms with Crippen LogP contribution >= 0.6 is 0 Å². The van der Waals surface area contributed by atoms with Crippen LogP contribution in [0, 0.1) is 5.92 Å². The molecule has 3 heteroatoms. The van der Waals surface area contributed by atoms with E-state index in [-0.39, 0.29) is 0 Å². The smallest absolute Gasteiger partial charge is 0.0702 e. The summed E-state index contributed by atoms with van der Waals surface area (Å²) in [6.45, 7) is 10.8. The van der Waals surface area contributed by atoms with Crippen LogP contribution in [-0.2, 0) is 4.74 Å². The Balaban J connectivity index is 1.64. The van der Waals surface area contributed by atoms with Crippen LogP contribution in [0.4, 0.5) is 0 Å². The van der Waals surface area contributed by atoms with E-state index in [9.17, 15) is 0 Å². The normalized spacial score (nSPS) is 37.7. The van der Waals surface area contributed by atoms with Crippen LogP contribution in [0.3, 0.4) is 0 Å². The van der Waals surface area contributed by atoms with Crippen LogP contribution < -0.4 is 0 Å². The Morgan fingerprint density at radius 1 is 1.11 bits per heavy atom. The first-order valence-corrected chi connectivity index (χ1v) is 8.33. The molecular weight excluding hydrogens is 236 g/mol. The summed E-state index contributed by atoms with van der Waals surface area (Å²) in [5.74, 6) is 0.754. The second kappa shape index (κ2) is 6.11. The first kappa shape index (κ1) is 13.8. The van der Waals surface area contributed by atoms with E-state index in [1.165, 1.54) is 58.3 Å². The molecule has 0 N–H and O–H groups in total.